The Hall–Kier alpha value is -3.56. The highest BCUT2D eigenvalue weighted by Gasteiger charge is 2.33. The first-order chi connectivity index (χ1) is 13.7. The van der Waals surface area contributed by atoms with Crippen molar-refractivity contribution >= 4 is 11.4 Å². The maximum atomic E-state index is 13.0. The van der Waals surface area contributed by atoms with E-state index in [0.29, 0.717) is 23.2 Å². The number of nitro benzene ring substituents is 1. The van der Waals surface area contributed by atoms with Gasteiger partial charge in [0.2, 0.25) is 0 Å². The lowest BCUT2D eigenvalue weighted by Gasteiger charge is -2.21. The number of hydrogen-bond acceptors (Lipinski definition) is 5. The average Bonchev–Trinajstić information content (AvgIpc) is 3.10. The van der Waals surface area contributed by atoms with E-state index in [4.69, 9.17) is 4.74 Å². The van der Waals surface area contributed by atoms with Crippen molar-refractivity contribution < 1.29 is 22.8 Å². The lowest BCUT2D eigenvalue weighted by Crippen LogP contribution is -2.18. The summed E-state index contributed by atoms with van der Waals surface area (Å²) in [5.41, 5.74) is -1.15. The lowest BCUT2D eigenvalue weighted by atomic mass is 10.0. The van der Waals surface area contributed by atoms with Crippen LogP contribution in [-0.2, 0) is 13.2 Å². The average molecular weight is 406 g/mol. The van der Waals surface area contributed by atoms with Crippen LogP contribution in [0.4, 0.5) is 24.5 Å². The van der Waals surface area contributed by atoms with Crippen molar-refractivity contribution in [2.24, 2.45) is 7.05 Å². The van der Waals surface area contributed by atoms with E-state index in [1.807, 2.05) is 0 Å². The molecule has 2 aromatic carbocycles. The Kier molecular flexibility index (Phi) is 5.44. The van der Waals surface area contributed by atoms with Crippen LogP contribution >= 0.6 is 0 Å². The van der Waals surface area contributed by atoms with Crippen molar-refractivity contribution in [1.29, 1.82) is 0 Å². The molecule has 0 spiro atoms. The molecule has 0 aliphatic rings. The van der Waals surface area contributed by atoms with Gasteiger partial charge in [0.1, 0.15) is 23.3 Å². The Morgan fingerprint density at radius 2 is 2.00 bits per heavy atom. The second-order valence-electron chi connectivity index (χ2n) is 6.24. The number of alkyl halides is 3. The van der Waals surface area contributed by atoms with Crippen LogP contribution in [0.5, 0.6) is 5.75 Å². The normalized spacial score (nSPS) is 12.4. The van der Waals surface area contributed by atoms with Gasteiger partial charge in [-0.25, -0.2) is 4.98 Å². The van der Waals surface area contributed by atoms with Gasteiger partial charge >= 0.3 is 6.18 Å². The quantitative estimate of drug-likeness (QED) is 0.479. The van der Waals surface area contributed by atoms with Crippen molar-refractivity contribution in [1.82, 2.24) is 9.55 Å². The SMILES string of the molecule is COc1cccc(C(Nc2ccc(C(F)(F)F)cc2[N+](=O)[O-])c2nccn2C)c1. The van der Waals surface area contributed by atoms with Crippen LogP contribution in [0.25, 0.3) is 0 Å². The molecule has 152 valence electrons. The van der Waals surface area contributed by atoms with Crippen molar-refractivity contribution in [3.8, 4) is 5.75 Å². The first kappa shape index (κ1) is 20.2. The highest BCUT2D eigenvalue weighted by molar-refractivity contribution is 5.64. The Balaban J connectivity index is 2.09. The summed E-state index contributed by atoms with van der Waals surface area (Å²) in [7, 11) is 3.25. The zero-order chi connectivity index (χ0) is 21.2. The minimum absolute atomic E-state index is 0.0566. The first-order valence-electron chi connectivity index (χ1n) is 8.44. The molecule has 1 heterocycles. The highest BCUT2D eigenvalue weighted by atomic mass is 19.4. The molecule has 0 saturated carbocycles. The van der Waals surface area contributed by atoms with Crippen molar-refractivity contribution in [3.63, 3.8) is 0 Å². The number of rotatable bonds is 6. The van der Waals surface area contributed by atoms with Gasteiger partial charge in [0.25, 0.3) is 5.69 Å². The monoisotopic (exact) mass is 406 g/mol. The molecule has 0 bridgehead atoms. The van der Waals surface area contributed by atoms with E-state index in [0.717, 1.165) is 12.1 Å². The molecule has 7 nitrogen and oxygen atoms in total. The zero-order valence-electron chi connectivity index (χ0n) is 15.5. The number of aryl methyl sites for hydroxylation is 1. The number of nitro groups is 1. The fraction of sp³-hybridized carbons (Fsp3) is 0.211. The third-order valence-electron chi connectivity index (χ3n) is 4.37. The molecular formula is C19H17F3N4O3. The van der Waals surface area contributed by atoms with Gasteiger partial charge in [-0.2, -0.15) is 13.2 Å². The van der Waals surface area contributed by atoms with Gasteiger partial charge in [-0.3, -0.25) is 10.1 Å². The number of halogens is 3. The summed E-state index contributed by atoms with van der Waals surface area (Å²) in [6.07, 6.45) is -1.42. The predicted octanol–water partition coefficient (Wildman–Crippen LogP) is 4.56. The van der Waals surface area contributed by atoms with Gasteiger partial charge in [-0.05, 0) is 29.8 Å². The van der Waals surface area contributed by atoms with Gasteiger partial charge in [0.05, 0.1) is 17.6 Å². The van der Waals surface area contributed by atoms with E-state index in [1.54, 1.807) is 48.3 Å². The molecule has 10 heteroatoms. The summed E-state index contributed by atoms with van der Waals surface area (Å²) in [4.78, 5) is 14.9. The number of benzene rings is 2. The van der Waals surface area contributed by atoms with E-state index in [9.17, 15) is 23.3 Å². The van der Waals surface area contributed by atoms with Gasteiger partial charge in [0, 0.05) is 25.5 Å². The molecule has 0 radical (unpaired) electrons. The first-order valence-corrected chi connectivity index (χ1v) is 8.44. The summed E-state index contributed by atoms with van der Waals surface area (Å²) in [5.74, 6) is 1.08. The van der Waals surface area contributed by atoms with Gasteiger partial charge in [-0.1, -0.05) is 12.1 Å². The third-order valence-corrected chi connectivity index (χ3v) is 4.37. The molecule has 1 atom stereocenters. The molecule has 0 aliphatic heterocycles. The molecule has 0 fully saturated rings. The number of aromatic nitrogens is 2. The Bertz CT molecular complexity index is 1030. The topological polar surface area (TPSA) is 82.2 Å². The van der Waals surface area contributed by atoms with Crippen LogP contribution in [0.1, 0.15) is 23.0 Å². The Morgan fingerprint density at radius 1 is 1.24 bits per heavy atom. The number of methoxy groups -OCH3 is 1. The standard InChI is InChI=1S/C19H17F3N4O3/c1-25-9-8-23-18(25)17(12-4-3-5-14(10-12)29-2)24-15-7-6-13(19(20,21)22)11-16(15)26(27)28/h3-11,17,24H,1-2H3. The lowest BCUT2D eigenvalue weighted by molar-refractivity contribution is -0.384. The maximum Gasteiger partial charge on any atom is 0.416 e. The van der Waals surface area contributed by atoms with Gasteiger partial charge in [-0.15, -0.1) is 0 Å². The number of imidazole rings is 1. The van der Waals surface area contributed by atoms with Crippen LogP contribution in [0.3, 0.4) is 0 Å². The van der Waals surface area contributed by atoms with Gasteiger partial charge < -0.3 is 14.6 Å². The molecule has 3 rings (SSSR count). The summed E-state index contributed by atoms with van der Waals surface area (Å²) < 4.78 is 45.9. The zero-order valence-corrected chi connectivity index (χ0v) is 15.5. The van der Waals surface area contributed by atoms with Crippen LogP contribution in [0, 0.1) is 10.1 Å². The molecule has 1 aromatic heterocycles. The molecule has 0 aliphatic carbocycles. The summed E-state index contributed by atoms with van der Waals surface area (Å²) in [6.45, 7) is 0. The second kappa shape index (κ2) is 7.82. The van der Waals surface area contributed by atoms with Crippen LogP contribution in [0.2, 0.25) is 0 Å². The largest absolute Gasteiger partial charge is 0.497 e. The summed E-state index contributed by atoms with van der Waals surface area (Å²) in [6, 6.07) is 8.68. The minimum atomic E-state index is -4.69. The van der Waals surface area contributed by atoms with Crippen molar-refractivity contribution in [2.45, 2.75) is 12.2 Å². The number of hydrogen-bond donors (Lipinski definition) is 1. The fourth-order valence-corrected chi connectivity index (χ4v) is 2.91. The van der Waals surface area contributed by atoms with E-state index in [1.165, 1.54) is 7.11 Å². The molecule has 1 N–H and O–H groups in total. The van der Waals surface area contributed by atoms with Crippen LogP contribution in [-0.4, -0.2) is 21.6 Å². The van der Waals surface area contributed by atoms with Crippen molar-refractivity contribution in [3.05, 3.63) is 81.9 Å². The maximum absolute atomic E-state index is 13.0. The molecule has 1 unspecified atom stereocenters. The Morgan fingerprint density at radius 3 is 2.59 bits per heavy atom. The van der Waals surface area contributed by atoms with E-state index < -0.39 is 28.4 Å². The van der Waals surface area contributed by atoms with Crippen molar-refractivity contribution in [2.75, 3.05) is 12.4 Å². The van der Waals surface area contributed by atoms with Crippen LogP contribution in [0.15, 0.2) is 54.9 Å². The van der Waals surface area contributed by atoms with E-state index in [2.05, 4.69) is 10.3 Å². The van der Waals surface area contributed by atoms with Crippen LogP contribution < -0.4 is 10.1 Å². The number of ether oxygens (including phenoxy) is 1. The number of nitrogens with one attached hydrogen (secondary N) is 1. The molecular weight excluding hydrogens is 389 g/mol. The summed E-state index contributed by atoms with van der Waals surface area (Å²) >= 11 is 0. The smallest absolute Gasteiger partial charge is 0.416 e. The molecule has 3 aromatic rings. The minimum Gasteiger partial charge on any atom is -0.497 e. The molecule has 0 amide bonds. The molecule has 29 heavy (non-hydrogen) atoms. The number of nitrogens with zero attached hydrogens (tertiary/aromatic N) is 3. The van der Waals surface area contributed by atoms with Gasteiger partial charge in [0.15, 0.2) is 0 Å². The third kappa shape index (κ3) is 4.31. The van der Waals surface area contributed by atoms with E-state index >= 15 is 0 Å². The Labute approximate surface area is 163 Å². The van der Waals surface area contributed by atoms with E-state index in [-0.39, 0.29) is 5.69 Å². The molecule has 0 saturated heterocycles. The number of anilines is 1. The summed E-state index contributed by atoms with van der Waals surface area (Å²) in [5, 5.41) is 14.4. The second-order valence-corrected chi connectivity index (χ2v) is 6.24. The highest BCUT2D eigenvalue weighted by Crippen LogP contribution is 2.37. The predicted molar refractivity (Wildman–Crippen MR) is 99.8 cm³/mol. The fourth-order valence-electron chi connectivity index (χ4n) is 2.91.